The van der Waals surface area contributed by atoms with Crippen LogP contribution in [0.25, 0.3) is 0 Å². The fourth-order valence-corrected chi connectivity index (χ4v) is 3.89. The van der Waals surface area contributed by atoms with Gasteiger partial charge in [0.2, 0.25) is 5.91 Å². The van der Waals surface area contributed by atoms with Crippen LogP contribution in [-0.2, 0) is 9.59 Å². The zero-order chi connectivity index (χ0) is 18.0. The second kappa shape index (κ2) is 6.86. The van der Waals surface area contributed by atoms with Gasteiger partial charge in [-0.15, -0.1) is 0 Å². The fourth-order valence-electron chi connectivity index (χ4n) is 3.89. The van der Waals surface area contributed by atoms with Crippen molar-refractivity contribution in [3.05, 3.63) is 35.9 Å². The minimum atomic E-state index is -1.12. The molecule has 0 radical (unpaired) electrons. The lowest BCUT2D eigenvalue weighted by atomic mass is 9.93. The van der Waals surface area contributed by atoms with Crippen LogP contribution in [0, 0.1) is 5.92 Å². The quantitative estimate of drug-likeness (QED) is 0.910. The van der Waals surface area contributed by atoms with Crippen molar-refractivity contribution in [2.45, 2.75) is 38.1 Å². The van der Waals surface area contributed by atoms with Crippen molar-refractivity contribution in [1.82, 2.24) is 9.80 Å². The molecule has 0 aromatic heterocycles. The lowest BCUT2D eigenvalue weighted by Crippen LogP contribution is -2.55. The van der Waals surface area contributed by atoms with Crippen molar-refractivity contribution in [3.8, 4) is 0 Å². The Morgan fingerprint density at radius 3 is 2.52 bits per heavy atom. The average molecular weight is 344 g/mol. The molecule has 2 aliphatic rings. The summed E-state index contributed by atoms with van der Waals surface area (Å²) >= 11 is 0. The first-order valence-corrected chi connectivity index (χ1v) is 8.82. The Bertz CT molecular complexity index is 675. The van der Waals surface area contributed by atoms with E-state index >= 15 is 0 Å². The van der Waals surface area contributed by atoms with Crippen LogP contribution >= 0.6 is 0 Å². The molecule has 2 atom stereocenters. The van der Waals surface area contributed by atoms with Gasteiger partial charge in [0, 0.05) is 25.2 Å². The van der Waals surface area contributed by atoms with Gasteiger partial charge >= 0.3 is 5.97 Å². The van der Waals surface area contributed by atoms with E-state index in [9.17, 15) is 19.5 Å². The number of amides is 2. The zero-order valence-corrected chi connectivity index (χ0v) is 14.5. The highest BCUT2D eigenvalue weighted by Gasteiger charge is 2.47. The van der Waals surface area contributed by atoms with Gasteiger partial charge in [-0.25, -0.2) is 4.79 Å². The molecular weight excluding hydrogens is 320 g/mol. The number of carbonyl (C=O) groups excluding carboxylic acids is 2. The lowest BCUT2D eigenvalue weighted by molar-refractivity contribution is -0.157. The first-order valence-electron chi connectivity index (χ1n) is 8.82. The molecule has 25 heavy (non-hydrogen) atoms. The maximum atomic E-state index is 12.9. The van der Waals surface area contributed by atoms with Crippen molar-refractivity contribution in [2.24, 2.45) is 5.92 Å². The second-order valence-electron chi connectivity index (χ2n) is 7.13. The molecule has 1 aromatic rings. The van der Waals surface area contributed by atoms with E-state index in [1.54, 1.807) is 24.0 Å². The van der Waals surface area contributed by atoms with Gasteiger partial charge in [0.05, 0.1) is 5.92 Å². The van der Waals surface area contributed by atoms with Gasteiger partial charge in [-0.05, 0) is 44.7 Å². The number of benzene rings is 1. The van der Waals surface area contributed by atoms with Gasteiger partial charge in [0.1, 0.15) is 5.54 Å². The number of carboxylic acids is 1. The minimum Gasteiger partial charge on any atom is -0.480 e. The molecule has 3 rings (SSSR count). The van der Waals surface area contributed by atoms with Gasteiger partial charge in [0.25, 0.3) is 5.91 Å². The molecule has 1 aromatic carbocycles. The Labute approximate surface area is 147 Å². The Balaban J connectivity index is 1.72. The number of carboxylic acid groups (broad SMARTS) is 1. The first kappa shape index (κ1) is 17.5. The summed E-state index contributed by atoms with van der Waals surface area (Å²) in [6.07, 6.45) is 2.64. The van der Waals surface area contributed by atoms with Crippen LogP contribution in [0.4, 0.5) is 0 Å². The Kier molecular flexibility index (Phi) is 4.79. The first-order chi connectivity index (χ1) is 11.9. The highest BCUT2D eigenvalue weighted by molar-refractivity contribution is 5.95. The van der Waals surface area contributed by atoms with E-state index in [1.165, 1.54) is 4.90 Å². The van der Waals surface area contributed by atoms with Crippen LogP contribution < -0.4 is 0 Å². The summed E-state index contributed by atoms with van der Waals surface area (Å²) in [5.74, 6) is -1.47. The predicted molar refractivity (Wildman–Crippen MR) is 92.1 cm³/mol. The van der Waals surface area contributed by atoms with Crippen LogP contribution in [0.5, 0.6) is 0 Å². The molecule has 2 heterocycles. The number of hydrogen-bond acceptors (Lipinski definition) is 3. The van der Waals surface area contributed by atoms with E-state index in [1.807, 2.05) is 18.2 Å². The van der Waals surface area contributed by atoms with E-state index in [-0.39, 0.29) is 17.7 Å². The van der Waals surface area contributed by atoms with Crippen LogP contribution in [-0.4, -0.2) is 57.9 Å². The predicted octanol–water partition coefficient (Wildman–Crippen LogP) is 2.00. The standard InChI is InChI=1S/C19H24N2O4/c1-19(18(24)25)10-6-12-21(19)17(23)15-9-5-11-20(13-15)16(22)14-7-3-2-4-8-14/h2-4,7-8,15H,5-6,9-13H2,1H3,(H,24,25). The lowest BCUT2D eigenvalue weighted by Gasteiger charge is -2.38. The number of rotatable bonds is 3. The third kappa shape index (κ3) is 3.25. The summed E-state index contributed by atoms with van der Waals surface area (Å²) in [7, 11) is 0. The summed E-state index contributed by atoms with van der Waals surface area (Å²) in [5.41, 5.74) is -0.504. The van der Waals surface area contributed by atoms with Crippen LogP contribution in [0.15, 0.2) is 30.3 Å². The van der Waals surface area contributed by atoms with E-state index in [4.69, 9.17) is 0 Å². The largest absolute Gasteiger partial charge is 0.480 e. The van der Waals surface area contributed by atoms with Gasteiger partial charge < -0.3 is 14.9 Å². The number of nitrogens with zero attached hydrogens (tertiary/aromatic N) is 2. The third-order valence-corrected chi connectivity index (χ3v) is 5.45. The minimum absolute atomic E-state index is 0.0690. The molecule has 1 N–H and O–H groups in total. The molecule has 0 saturated carbocycles. The number of carbonyl (C=O) groups is 3. The molecule has 6 nitrogen and oxygen atoms in total. The van der Waals surface area contributed by atoms with E-state index in [0.717, 1.165) is 6.42 Å². The summed E-state index contributed by atoms with van der Waals surface area (Å²) in [6, 6.07) is 9.05. The van der Waals surface area contributed by atoms with Gasteiger partial charge in [0.15, 0.2) is 0 Å². The summed E-state index contributed by atoms with van der Waals surface area (Å²) in [5, 5.41) is 9.52. The van der Waals surface area contributed by atoms with E-state index < -0.39 is 11.5 Å². The van der Waals surface area contributed by atoms with Crippen LogP contribution in [0.1, 0.15) is 43.0 Å². The van der Waals surface area contributed by atoms with Crippen LogP contribution in [0.3, 0.4) is 0 Å². The Morgan fingerprint density at radius 1 is 1.12 bits per heavy atom. The maximum absolute atomic E-state index is 12.9. The summed E-state index contributed by atoms with van der Waals surface area (Å²) in [6.45, 7) is 3.09. The molecule has 0 aliphatic carbocycles. The summed E-state index contributed by atoms with van der Waals surface area (Å²) in [4.78, 5) is 40.4. The third-order valence-electron chi connectivity index (χ3n) is 5.45. The topological polar surface area (TPSA) is 77.9 Å². The average Bonchev–Trinajstić information content (AvgIpc) is 3.04. The van der Waals surface area contributed by atoms with Crippen molar-refractivity contribution < 1.29 is 19.5 Å². The van der Waals surface area contributed by atoms with E-state index in [2.05, 4.69) is 0 Å². The SMILES string of the molecule is CC1(C(=O)O)CCCN1C(=O)C1CCCN(C(=O)c2ccccc2)C1. The summed E-state index contributed by atoms with van der Waals surface area (Å²) < 4.78 is 0. The number of likely N-dealkylation sites (tertiary alicyclic amines) is 2. The van der Waals surface area contributed by atoms with Gasteiger partial charge in [-0.2, -0.15) is 0 Å². The molecule has 2 saturated heterocycles. The molecule has 0 spiro atoms. The molecule has 2 fully saturated rings. The Morgan fingerprint density at radius 2 is 1.84 bits per heavy atom. The zero-order valence-electron chi connectivity index (χ0n) is 14.5. The molecule has 2 amide bonds. The molecule has 6 heteroatoms. The number of aliphatic carboxylic acids is 1. The molecular formula is C19H24N2O4. The normalized spacial score (nSPS) is 26.5. The van der Waals surface area contributed by atoms with Crippen molar-refractivity contribution in [2.75, 3.05) is 19.6 Å². The molecule has 0 bridgehead atoms. The van der Waals surface area contributed by atoms with Gasteiger partial charge in [-0.3, -0.25) is 9.59 Å². The smallest absolute Gasteiger partial charge is 0.329 e. The number of piperidine rings is 1. The molecule has 134 valence electrons. The van der Waals surface area contributed by atoms with E-state index in [0.29, 0.717) is 44.5 Å². The molecule has 2 aliphatic heterocycles. The van der Waals surface area contributed by atoms with Crippen molar-refractivity contribution in [3.63, 3.8) is 0 Å². The van der Waals surface area contributed by atoms with Gasteiger partial charge in [-0.1, -0.05) is 18.2 Å². The van der Waals surface area contributed by atoms with Crippen molar-refractivity contribution >= 4 is 17.8 Å². The monoisotopic (exact) mass is 344 g/mol. The Hall–Kier alpha value is -2.37. The fraction of sp³-hybridized carbons (Fsp3) is 0.526. The van der Waals surface area contributed by atoms with Crippen LogP contribution in [0.2, 0.25) is 0 Å². The highest BCUT2D eigenvalue weighted by atomic mass is 16.4. The maximum Gasteiger partial charge on any atom is 0.329 e. The highest BCUT2D eigenvalue weighted by Crippen LogP contribution is 2.32. The van der Waals surface area contributed by atoms with Crippen molar-refractivity contribution in [1.29, 1.82) is 0 Å². The molecule has 2 unspecified atom stereocenters. The second-order valence-corrected chi connectivity index (χ2v) is 7.13. The number of hydrogen-bond donors (Lipinski definition) is 1.